The van der Waals surface area contributed by atoms with Crippen molar-refractivity contribution in [1.82, 2.24) is 0 Å². The van der Waals surface area contributed by atoms with Crippen molar-refractivity contribution < 1.29 is 4.74 Å². The average molecular weight is 247 g/mol. The third kappa shape index (κ3) is 3.79. The Balaban J connectivity index is 1.89. The molecule has 0 saturated carbocycles. The van der Waals surface area contributed by atoms with E-state index in [4.69, 9.17) is 4.74 Å². The van der Waals surface area contributed by atoms with E-state index in [0.717, 1.165) is 18.0 Å². The maximum Gasteiger partial charge on any atom is 0.119 e. The van der Waals surface area contributed by atoms with Crippen molar-refractivity contribution in [2.45, 2.75) is 26.5 Å². The number of rotatable bonds is 5. The Kier molecular flexibility index (Phi) is 4.04. The lowest BCUT2D eigenvalue weighted by atomic mass is 10.3. The van der Waals surface area contributed by atoms with Crippen LogP contribution in [0, 0.1) is 0 Å². The van der Waals surface area contributed by atoms with E-state index in [0.29, 0.717) is 0 Å². The molecule has 0 aliphatic carbocycles. The van der Waals surface area contributed by atoms with E-state index in [9.17, 15) is 0 Å². The SMILES string of the molecule is CC(C)Oc1ccc(NCc2cccs2)cc1. The van der Waals surface area contributed by atoms with Gasteiger partial charge >= 0.3 is 0 Å². The Morgan fingerprint density at radius 1 is 1.18 bits per heavy atom. The van der Waals surface area contributed by atoms with E-state index in [1.807, 2.05) is 38.1 Å². The van der Waals surface area contributed by atoms with Gasteiger partial charge in [0.05, 0.1) is 6.10 Å². The summed E-state index contributed by atoms with van der Waals surface area (Å²) in [5.74, 6) is 0.918. The maximum absolute atomic E-state index is 5.59. The number of anilines is 1. The maximum atomic E-state index is 5.59. The second-order valence-corrected chi connectivity index (χ2v) is 5.16. The van der Waals surface area contributed by atoms with Gasteiger partial charge in [-0.25, -0.2) is 0 Å². The van der Waals surface area contributed by atoms with Gasteiger partial charge in [-0.3, -0.25) is 0 Å². The fourth-order valence-corrected chi connectivity index (χ4v) is 2.17. The van der Waals surface area contributed by atoms with Crippen molar-refractivity contribution in [2.24, 2.45) is 0 Å². The van der Waals surface area contributed by atoms with Crippen molar-refractivity contribution in [3.63, 3.8) is 0 Å². The highest BCUT2D eigenvalue weighted by Crippen LogP contribution is 2.18. The van der Waals surface area contributed by atoms with Crippen molar-refractivity contribution in [1.29, 1.82) is 0 Å². The van der Waals surface area contributed by atoms with E-state index in [2.05, 4.69) is 22.8 Å². The molecule has 1 heterocycles. The van der Waals surface area contributed by atoms with Gasteiger partial charge in [0.25, 0.3) is 0 Å². The summed E-state index contributed by atoms with van der Waals surface area (Å²) < 4.78 is 5.59. The van der Waals surface area contributed by atoms with Gasteiger partial charge in [-0.2, -0.15) is 0 Å². The first kappa shape index (κ1) is 12.0. The molecule has 0 atom stereocenters. The van der Waals surface area contributed by atoms with Gasteiger partial charge in [0.15, 0.2) is 0 Å². The molecule has 0 unspecified atom stereocenters. The number of benzene rings is 1. The Morgan fingerprint density at radius 2 is 1.94 bits per heavy atom. The molecule has 0 aliphatic heterocycles. The molecule has 1 N–H and O–H groups in total. The van der Waals surface area contributed by atoms with Crippen LogP contribution in [0.3, 0.4) is 0 Å². The van der Waals surface area contributed by atoms with Crippen LogP contribution in [0.1, 0.15) is 18.7 Å². The third-order valence-electron chi connectivity index (χ3n) is 2.27. The molecule has 2 rings (SSSR count). The minimum absolute atomic E-state index is 0.222. The van der Waals surface area contributed by atoms with Crippen LogP contribution < -0.4 is 10.1 Å². The third-order valence-corrected chi connectivity index (χ3v) is 3.15. The number of hydrogen-bond donors (Lipinski definition) is 1. The molecule has 90 valence electrons. The predicted octanol–water partition coefficient (Wildman–Crippen LogP) is 4.15. The fourth-order valence-electron chi connectivity index (χ4n) is 1.53. The van der Waals surface area contributed by atoms with Crippen LogP contribution in [-0.4, -0.2) is 6.10 Å². The number of thiophene rings is 1. The highest BCUT2D eigenvalue weighted by Gasteiger charge is 1.98. The zero-order chi connectivity index (χ0) is 12.1. The molecule has 1 aromatic heterocycles. The summed E-state index contributed by atoms with van der Waals surface area (Å²) in [7, 11) is 0. The minimum atomic E-state index is 0.222. The van der Waals surface area contributed by atoms with Gasteiger partial charge in [0.1, 0.15) is 5.75 Å². The molecule has 0 aliphatic rings. The van der Waals surface area contributed by atoms with Crippen LogP contribution in [0.4, 0.5) is 5.69 Å². The lowest BCUT2D eigenvalue weighted by Crippen LogP contribution is -2.05. The van der Waals surface area contributed by atoms with Crippen molar-refractivity contribution in [3.05, 3.63) is 46.7 Å². The Bertz CT molecular complexity index is 434. The molecule has 1 aromatic carbocycles. The second-order valence-electron chi connectivity index (χ2n) is 4.12. The van der Waals surface area contributed by atoms with Gasteiger partial charge < -0.3 is 10.1 Å². The van der Waals surface area contributed by atoms with Crippen LogP contribution in [0.25, 0.3) is 0 Å². The first-order valence-corrected chi connectivity index (χ1v) is 6.65. The monoisotopic (exact) mass is 247 g/mol. The molecule has 0 bridgehead atoms. The standard InChI is InChI=1S/C14H17NOS/c1-11(2)16-13-7-5-12(6-8-13)15-10-14-4-3-9-17-14/h3-9,11,15H,10H2,1-2H3. The number of ether oxygens (including phenoxy) is 1. The molecular formula is C14H17NOS. The highest BCUT2D eigenvalue weighted by molar-refractivity contribution is 7.09. The largest absolute Gasteiger partial charge is 0.491 e. The topological polar surface area (TPSA) is 21.3 Å². The van der Waals surface area contributed by atoms with Gasteiger partial charge in [-0.15, -0.1) is 11.3 Å². The molecule has 2 aromatic rings. The van der Waals surface area contributed by atoms with E-state index in [-0.39, 0.29) is 6.10 Å². The minimum Gasteiger partial charge on any atom is -0.491 e. The summed E-state index contributed by atoms with van der Waals surface area (Å²) in [6.45, 7) is 4.94. The van der Waals surface area contributed by atoms with Crippen molar-refractivity contribution in [2.75, 3.05) is 5.32 Å². The summed E-state index contributed by atoms with van der Waals surface area (Å²) in [5, 5.41) is 5.48. The average Bonchev–Trinajstić information content (AvgIpc) is 2.80. The zero-order valence-electron chi connectivity index (χ0n) is 10.1. The second kappa shape index (κ2) is 5.73. The molecule has 0 spiro atoms. The summed E-state index contributed by atoms with van der Waals surface area (Å²) in [4.78, 5) is 1.34. The molecule has 0 amide bonds. The molecule has 17 heavy (non-hydrogen) atoms. The summed E-state index contributed by atoms with van der Waals surface area (Å²) in [6.07, 6.45) is 0.222. The molecule has 0 saturated heterocycles. The number of hydrogen-bond acceptors (Lipinski definition) is 3. The van der Waals surface area contributed by atoms with E-state index >= 15 is 0 Å². The normalized spacial score (nSPS) is 10.5. The van der Waals surface area contributed by atoms with Gasteiger partial charge in [0.2, 0.25) is 0 Å². The first-order chi connectivity index (χ1) is 8.24. The molecular weight excluding hydrogens is 230 g/mol. The van der Waals surface area contributed by atoms with Crippen molar-refractivity contribution >= 4 is 17.0 Å². The first-order valence-electron chi connectivity index (χ1n) is 5.77. The Morgan fingerprint density at radius 3 is 2.53 bits per heavy atom. The van der Waals surface area contributed by atoms with Gasteiger partial charge in [-0.1, -0.05) is 6.07 Å². The van der Waals surface area contributed by atoms with E-state index in [1.54, 1.807) is 11.3 Å². The smallest absolute Gasteiger partial charge is 0.119 e. The lowest BCUT2D eigenvalue weighted by Gasteiger charge is -2.10. The van der Waals surface area contributed by atoms with E-state index in [1.165, 1.54) is 4.88 Å². The van der Waals surface area contributed by atoms with Crippen LogP contribution >= 0.6 is 11.3 Å². The molecule has 2 nitrogen and oxygen atoms in total. The quantitative estimate of drug-likeness (QED) is 0.857. The fraction of sp³-hybridized carbons (Fsp3) is 0.286. The summed E-state index contributed by atoms with van der Waals surface area (Å²) >= 11 is 1.77. The zero-order valence-corrected chi connectivity index (χ0v) is 11.0. The summed E-state index contributed by atoms with van der Waals surface area (Å²) in [6, 6.07) is 12.3. The van der Waals surface area contributed by atoms with Crippen LogP contribution in [0.5, 0.6) is 5.75 Å². The number of nitrogens with one attached hydrogen (secondary N) is 1. The van der Waals surface area contributed by atoms with Crippen LogP contribution in [0.2, 0.25) is 0 Å². The molecule has 3 heteroatoms. The summed E-state index contributed by atoms with van der Waals surface area (Å²) in [5.41, 5.74) is 1.12. The van der Waals surface area contributed by atoms with Gasteiger partial charge in [-0.05, 0) is 49.6 Å². The lowest BCUT2D eigenvalue weighted by molar-refractivity contribution is 0.242. The highest BCUT2D eigenvalue weighted by atomic mass is 32.1. The molecule has 0 radical (unpaired) electrons. The molecule has 0 fully saturated rings. The Hall–Kier alpha value is -1.48. The van der Waals surface area contributed by atoms with Crippen molar-refractivity contribution in [3.8, 4) is 5.75 Å². The van der Waals surface area contributed by atoms with Crippen LogP contribution in [0.15, 0.2) is 41.8 Å². The Labute approximate surface area is 106 Å². The van der Waals surface area contributed by atoms with E-state index < -0.39 is 0 Å². The van der Waals surface area contributed by atoms with Crippen LogP contribution in [-0.2, 0) is 6.54 Å². The van der Waals surface area contributed by atoms with Gasteiger partial charge in [0, 0.05) is 17.1 Å². The predicted molar refractivity (Wildman–Crippen MR) is 73.9 cm³/mol.